The van der Waals surface area contributed by atoms with Crippen LogP contribution in [0.3, 0.4) is 0 Å². The smallest absolute Gasteiger partial charge is 0.143 e. The molecule has 10 aromatic rings. The Morgan fingerprint density at radius 2 is 0.959 bits per heavy atom. The van der Waals surface area contributed by atoms with Crippen LogP contribution in [0.4, 0.5) is 0 Å². The fourth-order valence-corrected chi connectivity index (χ4v) is 9.03. The summed E-state index contributed by atoms with van der Waals surface area (Å²) in [5.74, 6) is 0. The average molecular weight is 647 g/mol. The van der Waals surface area contributed by atoms with Crippen molar-refractivity contribution in [2.45, 2.75) is 19.6 Å². The summed E-state index contributed by atoms with van der Waals surface area (Å²) in [4.78, 5) is 0. The van der Waals surface area contributed by atoms with Crippen molar-refractivity contribution in [1.29, 1.82) is 0 Å². The first kappa shape index (κ1) is 28.2. The fraction of sp³-hybridized carbons (Fsp3) is 0.0667. The van der Waals surface area contributed by atoms with Crippen LogP contribution >= 0.6 is 0 Å². The number of benzene rings is 7. The van der Waals surface area contributed by atoms with E-state index in [1.165, 1.54) is 54.5 Å². The Balaban J connectivity index is 1.19. The van der Waals surface area contributed by atoms with Gasteiger partial charge in [-0.3, -0.25) is 0 Å². The lowest BCUT2D eigenvalue weighted by Crippen LogP contribution is -2.37. The lowest BCUT2D eigenvalue weighted by Gasteiger charge is -2.17. The zero-order chi connectivity index (χ0) is 32.9. The third-order valence-electron chi connectivity index (χ3n) is 10.3. The predicted octanol–water partition coefficient (Wildman–Crippen LogP) is 12.0. The van der Waals surface area contributed by atoms with Gasteiger partial charge in [-0.2, -0.15) is 0 Å². The highest BCUT2D eigenvalue weighted by molar-refractivity contribution is 6.88. The number of hydrogen-bond donors (Lipinski definition) is 0. The van der Waals surface area contributed by atoms with Gasteiger partial charge in [-0.25, -0.2) is 0 Å². The third kappa shape index (κ3) is 4.20. The van der Waals surface area contributed by atoms with Gasteiger partial charge in [-0.15, -0.1) is 0 Å². The third-order valence-corrected chi connectivity index (χ3v) is 12.4. The Morgan fingerprint density at radius 1 is 0.429 bits per heavy atom. The Kier molecular flexibility index (Phi) is 5.94. The van der Waals surface area contributed by atoms with Crippen LogP contribution < -0.4 is 5.19 Å². The molecule has 0 fully saturated rings. The zero-order valence-electron chi connectivity index (χ0n) is 27.7. The van der Waals surface area contributed by atoms with E-state index in [1.54, 1.807) is 0 Å². The largest absolute Gasteiger partial charge is 0.455 e. The van der Waals surface area contributed by atoms with Crippen molar-refractivity contribution >= 4 is 78.8 Å². The van der Waals surface area contributed by atoms with Gasteiger partial charge in [-0.1, -0.05) is 122 Å². The Bertz CT molecular complexity index is 2900. The highest BCUT2D eigenvalue weighted by Gasteiger charge is 2.20. The first-order chi connectivity index (χ1) is 23.9. The average Bonchev–Trinajstić information content (AvgIpc) is 3.78. The predicted molar refractivity (Wildman–Crippen MR) is 211 cm³/mol. The van der Waals surface area contributed by atoms with Crippen LogP contribution in [0, 0.1) is 0 Å². The highest BCUT2D eigenvalue weighted by atomic mass is 28.3. The second-order valence-electron chi connectivity index (χ2n) is 14.2. The molecule has 0 spiro atoms. The first-order valence-electron chi connectivity index (χ1n) is 17.0. The van der Waals surface area contributed by atoms with Crippen LogP contribution in [0.5, 0.6) is 0 Å². The number of para-hydroxylation sites is 4. The topological polar surface area (TPSA) is 23.0 Å². The molecule has 7 aromatic carbocycles. The second-order valence-corrected chi connectivity index (χ2v) is 19.3. The number of nitrogens with zero attached hydrogens (tertiary/aromatic N) is 2. The fourth-order valence-electron chi connectivity index (χ4n) is 7.86. The molecule has 0 amide bonds. The SMILES string of the molecule is C[Si](C)(C)c1ccc(-n2c3ccccc3c3cc4c5ccccc5n(-c5ccc(-c6cccc7c6oc6ccccc67)cc5)c4cc32)cc1. The second kappa shape index (κ2) is 10.3. The zero-order valence-corrected chi connectivity index (χ0v) is 28.7. The molecule has 0 unspecified atom stereocenters. The lowest BCUT2D eigenvalue weighted by atomic mass is 10.0. The van der Waals surface area contributed by atoms with Crippen LogP contribution in [-0.4, -0.2) is 17.2 Å². The van der Waals surface area contributed by atoms with Gasteiger partial charge < -0.3 is 13.6 Å². The maximum absolute atomic E-state index is 6.39. The standard InChI is InChI=1S/C45H34N2OSi/c1-49(2,3)32-25-23-31(24-26-32)47-41-17-8-5-12-35(41)39-27-38-34-11-4-7-16-40(34)46(42(38)28-43(39)47)30-21-19-29(20-22-30)33-14-10-15-37-36-13-6-9-18-44(36)48-45(33)37/h4-28H,1-3H3. The van der Waals surface area contributed by atoms with E-state index in [-0.39, 0.29) is 0 Å². The Labute approximate surface area is 285 Å². The monoisotopic (exact) mass is 646 g/mol. The normalized spacial score (nSPS) is 12.4. The molecule has 3 heterocycles. The number of fused-ring (bicyclic) bond motifs is 9. The van der Waals surface area contributed by atoms with Crippen molar-refractivity contribution in [2.24, 2.45) is 0 Å². The van der Waals surface area contributed by atoms with Crippen molar-refractivity contribution in [3.63, 3.8) is 0 Å². The van der Waals surface area contributed by atoms with E-state index in [4.69, 9.17) is 4.42 Å². The molecular weight excluding hydrogens is 613 g/mol. The van der Waals surface area contributed by atoms with Gasteiger partial charge >= 0.3 is 0 Å². The first-order valence-corrected chi connectivity index (χ1v) is 20.5. The van der Waals surface area contributed by atoms with Crippen LogP contribution in [0.25, 0.3) is 88.1 Å². The summed E-state index contributed by atoms with van der Waals surface area (Å²) in [6.45, 7) is 7.22. The molecule has 0 saturated carbocycles. The van der Waals surface area contributed by atoms with Crippen molar-refractivity contribution < 1.29 is 4.42 Å². The van der Waals surface area contributed by atoms with Crippen molar-refractivity contribution in [3.05, 3.63) is 152 Å². The number of furan rings is 1. The molecule has 0 bridgehead atoms. The van der Waals surface area contributed by atoms with Crippen LogP contribution in [0.2, 0.25) is 19.6 Å². The van der Waals surface area contributed by atoms with E-state index in [1.807, 2.05) is 12.1 Å². The molecule has 0 aliphatic rings. The molecule has 3 nitrogen and oxygen atoms in total. The van der Waals surface area contributed by atoms with Gasteiger partial charge in [0.1, 0.15) is 11.2 Å². The lowest BCUT2D eigenvalue weighted by molar-refractivity contribution is 0.670. The van der Waals surface area contributed by atoms with Gasteiger partial charge in [0.2, 0.25) is 0 Å². The highest BCUT2D eigenvalue weighted by Crippen LogP contribution is 2.40. The Hall–Kier alpha value is -5.84. The van der Waals surface area contributed by atoms with Gasteiger partial charge in [0.25, 0.3) is 0 Å². The molecule has 3 aromatic heterocycles. The van der Waals surface area contributed by atoms with Crippen molar-refractivity contribution in [2.75, 3.05) is 0 Å². The summed E-state index contributed by atoms with van der Waals surface area (Å²) < 4.78 is 11.3. The summed E-state index contributed by atoms with van der Waals surface area (Å²) in [6, 6.07) is 55.4. The summed E-state index contributed by atoms with van der Waals surface area (Å²) >= 11 is 0. The van der Waals surface area contributed by atoms with Gasteiger partial charge in [-0.05, 0) is 60.2 Å². The van der Waals surface area contributed by atoms with E-state index < -0.39 is 8.07 Å². The molecule has 4 heteroatoms. The number of aromatic nitrogens is 2. The number of hydrogen-bond acceptors (Lipinski definition) is 1. The molecule has 234 valence electrons. The Morgan fingerprint density at radius 3 is 1.57 bits per heavy atom. The van der Waals surface area contributed by atoms with E-state index in [2.05, 4.69) is 168 Å². The molecule has 49 heavy (non-hydrogen) atoms. The van der Waals surface area contributed by atoms with Gasteiger partial charge in [0.05, 0.1) is 30.1 Å². The summed E-state index contributed by atoms with van der Waals surface area (Å²) in [6.07, 6.45) is 0. The van der Waals surface area contributed by atoms with Crippen LogP contribution in [-0.2, 0) is 0 Å². The minimum atomic E-state index is -1.41. The van der Waals surface area contributed by atoms with Gasteiger partial charge in [0.15, 0.2) is 0 Å². The quantitative estimate of drug-likeness (QED) is 0.175. The molecule has 0 aliphatic carbocycles. The summed E-state index contributed by atoms with van der Waals surface area (Å²) in [5, 5.41) is 8.83. The molecule has 0 atom stereocenters. The maximum Gasteiger partial charge on any atom is 0.143 e. The molecule has 0 radical (unpaired) electrons. The number of rotatable bonds is 4. The van der Waals surface area contributed by atoms with Gasteiger partial charge in [0, 0.05) is 49.3 Å². The molecule has 0 saturated heterocycles. The van der Waals surface area contributed by atoms with Crippen molar-refractivity contribution in [3.8, 4) is 22.5 Å². The van der Waals surface area contributed by atoms with E-state index in [0.29, 0.717) is 0 Å². The minimum Gasteiger partial charge on any atom is -0.455 e. The van der Waals surface area contributed by atoms with Crippen LogP contribution in [0.1, 0.15) is 0 Å². The van der Waals surface area contributed by atoms with Crippen molar-refractivity contribution in [1.82, 2.24) is 9.13 Å². The van der Waals surface area contributed by atoms with E-state index in [9.17, 15) is 0 Å². The molecule has 10 rings (SSSR count). The van der Waals surface area contributed by atoms with E-state index in [0.717, 1.165) is 38.8 Å². The molecule has 0 N–H and O–H groups in total. The molecular formula is C45H34N2OSi. The summed E-state index contributed by atoms with van der Waals surface area (Å²) in [7, 11) is -1.41. The van der Waals surface area contributed by atoms with Crippen LogP contribution in [0.15, 0.2) is 156 Å². The molecule has 0 aliphatic heterocycles. The van der Waals surface area contributed by atoms with E-state index >= 15 is 0 Å². The minimum absolute atomic E-state index is 0.919. The maximum atomic E-state index is 6.39. The summed E-state index contributed by atoms with van der Waals surface area (Å²) in [5.41, 5.74) is 11.3.